The highest BCUT2D eigenvalue weighted by atomic mass is 19.1. The highest BCUT2D eigenvalue weighted by Gasteiger charge is 2.51. The number of hydrogen-bond donors (Lipinski definition) is 0. The van der Waals surface area contributed by atoms with Gasteiger partial charge in [0.15, 0.2) is 0 Å². The molecule has 0 heterocycles. The molecule has 25 heavy (non-hydrogen) atoms. The molecule has 4 aliphatic rings. The molecule has 0 amide bonds. The molecule has 0 aromatic heterocycles. The van der Waals surface area contributed by atoms with E-state index in [0.29, 0.717) is 5.41 Å². The van der Waals surface area contributed by atoms with E-state index in [4.69, 9.17) is 0 Å². The van der Waals surface area contributed by atoms with Crippen LogP contribution in [0.2, 0.25) is 0 Å². The summed E-state index contributed by atoms with van der Waals surface area (Å²) in [5.41, 5.74) is 3.88. The van der Waals surface area contributed by atoms with E-state index in [0.717, 1.165) is 29.0 Å². The SMILES string of the molecule is Fc1ccc(C=Nc2ccc(C34CC5CC(CC(C5)C3)C4)cc2)cc1. The summed E-state index contributed by atoms with van der Waals surface area (Å²) in [7, 11) is 0. The molecule has 0 N–H and O–H groups in total. The van der Waals surface area contributed by atoms with Crippen molar-refractivity contribution in [3.63, 3.8) is 0 Å². The Morgan fingerprint density at radius 3 is 1.92 bits per heavy atom. The van der Waals surface area contributed by atoms with Crippen molar-refractivity contribution in [2.75, 3.05) is 0 Å². The fourth-order valence-corrected chi connectivity index (χ4v) is 6.06. The van der Waals surface area contributed by atoms with Gasteiger partial charge in [-0.2, -0.15) is 0 Å². The van der Waals surface area contributed by atoms with Crippen LogP contribution in [0.1, 0.15) is 49.7 Å². The van der Waals surface area contributed by atoms with Crippen LogP contribution in [0.25, 0.3) is 0 Å². The Balaban J connectivity index is 1.36. The van der Waals surface area contributed by atoms with Crippen LogP contribution in [0.5, 0.6) is 0 Å². The minimum absolute atomic E-state index is 0.211. The van der Waals surface area contributed by atoms with Gasteiger partial charge in [0.2, 0.25) is 0 Å². The Labute approximate surface area is 149 Å². The van der Waals surface area contributed by atoms with Gasteiger partial charge >= 0.3 is 0 Å². The van der Waals surface area contributed by atoms with E-state index >= 15 is 0 Å². The van der Waals surface area contributed by atoms with Gasteiger partial charge in [0.05, 0.1) is 5.69 Å². The third-order valence-electron chi connectivity index (χ3n) is 6.75. The Kier molecular flexibility index (Phi) is 3.55. The van der Waals surface area contributed by atoms with Crippen LogP contribution >= 0.6 is 0 Å². The van der Waals surface area contributed by atoms with Crippen molar-refractivity contribution in [2.24, 2.45) is 22.7 Å². The van der Waals surface area contributed by atoms with E-state index in [1.165, 1.54) is 56.2 Å². The van der Waals surface area contributed by atoms with Gasteiger partial charge in [-0.25, -0.2) is 4.39 Å². The summed E-state index contributed by atoms with van der Waals surface area (Å²) in [5.74, 6) is 2.71. The Morgan fingerprint density at radius 2 is 1.36 bits per heavy atom. The molecule has 128 valence electrons. The first-order valence-electron chi connectivity index (χ1n) is 9.59. The van der Waals surface area contributed by atoms with Crippen molar-refractivity contribution in [2.45, 2.75) is 43.9 Å². The molecule has 4 bridgehead atoms. The summed E-state index contributed by atoms with van der Waals surface area (Å²) >= 11 is 0. The van der Waals surface area contributed by atoms with Gasteiger partial charge in [0.25, 0.3) is 0 Å². The lowest BCUT2D eigenvalue weighted by Gasteiger charge is -2.57. The predicted octanol–water partition coefficient (Wildman–Crippen LogP) is 6.04. The molecular formula is C23H24FN. The molecule has 0 aliphatic heterocycles. The fraction of sp³-hybridized carbons (Fsp3) is 0.435. The molecule has 6 rings (SSSR count). The Hall–Kier alpha value is -1.96. The maximum Gasteiger partial charge on any atom is 0.123 e. The summed E-state index contributed by atoms with van der Waals surface area (Å²) in [5, 5.41) is 0. The highest BCUT2D eigenvalue weighted by molar-refractivity contribution is 5.81. The van der Waals surface area contributed by atoms with Crippen LogP contribution in [0, 0.1) is 23.6 Å². The van der Waals surface area contributed by atoms with Crippen molar-refractivity contribution in [3.8, 4) is 0 Å². The minimum atomic E-state index is -0.211. The molecule has 4 fully saturated rings. The predicted molar refractivity (Wildman–Crippen MR) is 99.9 cm³/mol. The summed E-state index contributed by atoms with van der Waals surface area (Å²) in [6.45, 7) is 0. The zero-order valence-corrected chi connectivity index (χ0v) is 14.5. The maximum absolute atomic E-state index is 13.0. The standard InChI is InChI=1S/C23H24FN/c24-21-5-1-16(2-6-21)15-25-22-7-3-20(4-8-22)23-12-17-9-18(13-23)11-19(10-17)14-23/h1-8,15,17-19H,9-14H2. The molecule has 0 atom stereocenters. The van der Waals surface area contributed by atoms with Crippen LogP contribution < -0.4 is 0 Å². The first kappa shape index (κ1) is 15.3. The van der Waals surface area contributed by atoms with E-state index in [2.05, 4.69) is 29.3 Å². The van der Waals surface area contributed by atoms with Crippen LogP contribution in [0.15, 0.2) is 53.5 Å². The van der Waals surface area contributed by atoms with Gasteiger partial charge < -0.3 is 0 Å². The number of nitrogens with zero attached hydrogens (tertiary/aromatic N) is 1. The fourth-order valence-electron chi connectivity index (χ4n) is 6.06. The second-order valence-electron chi connectivity index (χ2n) is 8.55. The number of benzene rings is 2. The average Bonchev–Trinajstić information content (AvgIpc) is 2.60. The van der Waals surface area contributed by atoms with E-state index in [9.17, 15) is 4.39 Å². The zero-order valence-electron chi connectivity index (χ0n) is 14.5. The van der Waals surface area contributed by atoms with Gasteiger partial charge in [-0.1, -0.05) is 24.3 Å². The molecule has 2 aromatic rings. The first-order chi connectivity index (χ1) is 12.2. The van der Waals surface area contributed by atoms with Crippen LogP contribution in [0.3, 0.4) is 0 Å². The minimum Gasteiger partial charge on any atom is -0.256 e. The molecule has 4 aliphatic carbocycles. The molecule has 0 saturated heterocycles. The molecule has 1 nitrogen and oxygen atoms in total. The quantitative estimate of drug-likeness (QED) is 0.607. The second kappa shape index (κ2) is 5.79. The molecule has 0 spiro atoms. The maximum atomic E-state index is 13.0. The number of aliphatic imine (C=N–C) groups is 1. The first-order valence-corrected chi connectivity index (χ1v) is 9.59. The van der Waals surface area contributed by atoms with Crippen molar-refractivity contribution in [3.05, 3.63) is 65.5 Å². The van der Waals surface area contributed by atoms with Crippen molar-refractivity contribution >= 4 is 11.9 Å². The molecule has 0 unspecified atom stereocenters. The summed E-state index contributed by atoms with van der Waals surface area (Å²) in [6.07, 6.45) is 10.5. The molecular weight excluding hydrogens is 309 g/mol. The lowest BCUT2D eigenvalue weighted by atomic mass is 9.48. The number of hydrogen-bond acceptors (Lipinski definition) is 1. The topological polar surface area (TPSA) is 12.4 Å². The monoisotopic (exact) mass is 333 g/mol. The Morgan fingerprint density at radius 1 is 0.800 bits per heavy atom. The van der Waals surface area contributed by atoms with Crippen molar-refractivity contribution < 1.29 is 4.39 Å². The largest absolute Gasteiger partial charge is 0.256 e. The van der Waals surface area contributed by atoms with Crippen molar-refractivity contribution in [1.82, 2.24) is 0 Å². The van der Waals surface area contributed by atoms with E-state index in [1.54, 1.807) is 18.3 Å². The highest BCUT2D eigenvalue weighted by Crippen LogP contribution is 2.60. The lowest BCUT2D eigenvalue weighted by Crippen LogP contribution is -2.48. The summed E-state index contributed by atoms with van der Waals surface area (Å²) in [4.78, 5) is 4.55. The zero-order chi connectivity index (χ0) is 16.9. The van der Waals surface area contributed by atoms with E-state index < -0.39 is 0 Å². The third-order valence-corrected chi connectivity index (χ3v) is 6.75. The van der Waals surface area contributed by atoms with Gasteiger partial charge in [-0.05, 0) is 97.1 Å². The smallest absolute Gasteiger partial charge is 0.123 e. The molecule has 2 heteroatoms. The lowest BCUT2D eigenvalue weighted by molar-refractivity contribution is -0.00518. The Bertz CT molecular complexity index is 753. The summed E-state index contributed by atoms with van der Waals surface area (Å²) < 4.78 is 13.0. The van der Waals surface area contributed by atoms with Crippen molar-refractivity contribution in [1.29, 1.82) is 0 Å². The third kappa shape index (κ3) is 2.82. The van der Waals surface area contributed by atoms with Crippen LogP contribution in [-0.2, 0) is 5.41 Å². The molecule has 2 aromatic carbocycles. The number of halogens is 1. The van der Waals surface area contributed by atoms with Gasteiger partial charge in [-0.3, -0.25) is 4.99 Å². The summed E-state index contributed by atoms with van der Waals surface area (Å²) in [6, 6.07) is 15.4. The van der Waals surface area contributed by atoms with Gasteiger partial charge in [-0.15, -0.1) is 0 Å². The normalized spacial score (nSPS) is 33.2. The van der Waals surface area contributed by atoms with E-state index in [1.807, 2.05) is 0 Å². The number of rotatable bonds is 3. The average molecular weight is 333 g/mol. The molecule has 4 saturated carbocycles. The van der Waals surface area contributed by atoms with Gasteiger partial charge in [0.1, 0.15) is 5.82 Å². The van der Waals surface area contributed by atoms with Crippen LogP contribution in [0.4, 0.5) is 10.1 Å². The van der Waals surface area contributed by atoms with Gasteiger partial charge in [0, 0.05) is 6.21 Å². The molecule has 0 radical (unpaired) electrons. The second-order valence-corrected chi connectivity index (χ2v) is 8.55. The van der Waals surface area contributed by atoms with Crippen LogP contribution in [-0.4, -0.2) is 6.21 Å². The van der Waals surface area contributed by atoms with E-state index in [-0.39, 0.29) is 5.82 Å².